The second-order valence-corrected chi connectivity index (χ2v) is 6.73. The molecule has 1 atom stereocenters. The molecule has 0 bridgehead atoms. The summed E-state index contributed by atoms with van der Waals surface area (Å²) in [5, 5.41) is 6.69. The third kappa shape index (κ3) is 8.53. The highest BCUT2D eigenvalue weighted by atomic mass is 127. The van der Waals surface area contributed by atoms with E-state index in [0.717, 1.165) is 51.0 Å². The van der Waals surface area contributed by atoms with Crippen molar-refractivity contribution in [2.45, 2.75) is 39.2 Å². The van der Waals surface area contributed by atoms with Crippen molar-refractivity contribution in [3.63, 3.8) is 0 Å². The minimum Gasteiger partial charge on any atom is -0.497 e. The van der Waals surface area contributed by atoms with Gasteiger partial charge in [0.05, 0.1) is 26.3 Å². The molecule has 1 aromatic rings. The lowest BCUT2D eigenvalue weighted by Crippen LogP contribution is -2.40. The molecule has 0 amide bonds. The summed E-state index contributed by atoms with van der Waals surface area (Å²) < 4.78 is 10.7. The molecule has 160 valence electrons. The second-order valence-electron chi connectivity index (χ2n) is 6.73. The molecule has 1 aliphatic rings. The van der Waals surface area contributed by atoms with Crippen LogP contribution in [0.25, 0.3) is 0 Å². The van der Waals surface area contributed by atoms with Crippen LogP contribution in [0.4, 0.5) is 0 Å². The molecule has 0 aliphatic carbocycles. The summed E-state index contributed by atoms with van der Waals surface area (Å²) in [5.41, 5.74) is 1.30. The van der Waals surface area contributed by atoms with E-state index in [0.29, 0.717) is 12.6 Å². The van der Waals surface area contributed by atoms with Gasteiger partial charge in [-0.2, -0.15) is 0 Å². The molecule has 1 aromatic carbocycles. The van der Waals surface area contributed by atoms with Gasteiger partial charge >= 0.3 is 0 Å². The average Bonchev–Trinajstić information content (AvgIpc) is 2.72. The average molecular weight is 504 g/mol. The molecule has 1 heterocycles. The number of halogens is 1. The summed E-state index contributed by atoms with van der Waals surface area (Å²) in [4.78, 5) is 7.44. The maximum Gasteiger partial charge on any atom is 0.191 e. The number of nitrogens with one attached hydrogen (secondary N) is 2. The maximum absolute atomic E-state index is 5.41. The molecule has 0 saturated carbocycles. The van der Waals surface area contributed by atoms with E-state index in [4.69, 9.17) is 14.5 Å². The summed E-state index contributed by atoms with van der Waals surface area (Å²) in [5.74, 6) is 1.75. The molecule has 2 rings (SSSR count). The van der Waals surface area contributed by atoms with E-state index in [1.165, 1.54) is 24.8 Å². The highest BCUT2D eigenvalue weighted by molar-refractivity contribution is 14.0. The van der Waals surface area contributed by atoms with Crippen LogP contribution in [0.1, 0.15) is 44.7 Å². The van der Waals surface area contributed by atoms with Gasteiger partial charge in [0.2, 0.25) is 0 Å². The topological polar surface area (TPSA) is 58.1 Å². The zero-order valence-corrected chi connectivity index (χ0v) is 19.9. The largest absolute Gasteiger partial charge is 0.497 e. The predicted octanol–water partition coefficient (Wildman–Crippen LogP) is 3.43. The van der Waals surface area contributed by atoms with Gasteiger partial charge in [0.15, 0.2) is 5.96 Å². The number of hydrogen-bond acceptors (Lipinski definition) is 4. The van der Waals surface area contributed by atoms with Crippen molar-refractivity contribution in [2.24, 2.45) is 4.99 Å². The molecule has 1 aliphatic heterocycles. The summed E-state index contributed by atoms with van der Waals surface area (Å²) in [6.07, 6.45) is 3.86. The summed E-state index contributed by atoms with van der Waals surface area (Å²) in [6.45, 7) is 10.1. The van der Waals surface area contributed by atoms with Crippen LogP contribution in [0, 0.1) is 0 Å². The fraction of sp³-hybridized carbons (Fsp3) is 0.667. The first-order valence-electron chi connectivity index (χ1n) is 10.3. The van der Waals surface area contributed by atoms with Crippen LogP contribution in [-0.2, 0) is 4.74 Å². The predicted molar refractivity (Wildman–Crippen MR) is 127 cm³/mol. The van der Waals surface area contributed by atoms with E-state index in [1.807, 2.05) is 19.1 Å². The minimum absolute atomic E-state index is 0. The first-order valence-corrected chi connectivity index (χ1v) is 10.3. The molecule has 2 N–H and O–H groups in total. The first-order chi connectivity index (χ1) is 13.3. The second kappa shape index (κ2) is 14.9. The van der Waals surface area contributed by atoms with Crippen LogP contribution >= 0.6 is 24.0 Å². The normalized spacial score (nSPS) is 16.2. The highest BCUT2D eigenvalue weighted by Gasteiger charge is 2.22. The van der Waals surface area contributed by atoms with Gasteiger partial charge in [0.25, 0.3) is 0 Å². The molecule has 7 heteroatoms. The number of piperidine rings is 1. The van der Waals surface area contributed by atoms with Crippen LogP contribution in [0.3, 0.4) is 0 Å². The number of likely N-dealkylation sites (tertiary alicyclic amines) is 1. The van der Waals surface area contributed by atoms with Crippen molar-refractivity contribution in [1.82, 2.24) is 15.5 Å². The Balaban J connectivity index is 0.00000392. The van der Waals surface area contributed by atoms with Gasteiger partial charge in [-0.15, -0.1) is 24.0 Å². The van der Waals surface area contributed by atoms with Gasteiger partial charge in [-0.3, -0.25) is 9.89 Å². The molecule has 6 nitrogen and oxygen atoms in total. The Kier molecular flexibility index (Phi) is 13.3. The molecule has 1 unspecified atom stereocenters. The zero-order chi connectivity index (χ0) is 19.3. The number of guanidine groups is 1. The summed E-state index contributed by atoms with van der Waals surface area (Å²) in [6, 6.07) is 8.72. The quantitative estimate of drug-likeness (QED) is 0.221. The van der Waals surface area contributed by atoms with E-state index in [-0.39, 0.29) is 24.0 Å². The minimum atomic E-state index is 0. The number of rotatable bonds is 10. The van der Waals surface area contributed by atoms with Crippen LogP contribution in [0.5, 0.6) is 5.75 Å². The third-order valence-electron chi connectivity index (χ3n) is 4.84. The molecular formula is C21H37IN4O2. The first kappa shape index (κ1) is 25.0. The standard InChI is InChI=1S/C21H36N4O2.HI/c1-4-22-21(23-13-16-27-5-2)24-17-20(25-14-7-6-8-15-25)18-9-11-19(26-3)12-10-18;/h9-12,20H,4-8,13-17H2,1-3H3,(H2,22,23,24);1H. The Labute approximate surface area is 187 Å². The Morgan fingerprint density at radius 3 is 2.43 bits per heavy atom. The molecular weight excluding hydrogens is 467 g/mol. The molecule has 1 fully saturated rings. The lowest BCUT2D eigenvalue weighted by molar-refractivity contribution is 0.152. The Bertz CT molecular complexity index is 548. The number of methoxy groups -OCH3 is 1. The fourth-order valence-corrected chi connectivity index (χ4v) is 3.39. The number of benzene rings is 1. The fourth-order valence-electron chi connectivity index (χ4n) is 3.39. The van der Waals surface area contributed by atoms with E-state index in [1.54, 1.807) is 7.11 Å². The van der Waals surface area contributed by atoms with Crippen LogP contribution in [0.2, 0.25) is 0 Å². The molecule has 0 radical (unpaired) electrons. The van der Waals surface area contributed by atoms with Crippen molar-refractivity contribution < 1.29 is 9.47 Å². The molecule has 0 aromatic heterocycles. The number of ether oxygens (including phenoxy) is 2. The van der Waals surface area contributed by atoms with Crippen molar-refractivity contribution >= 4 is 29.9 Å². The number of hydrogen-bond donors (Lipinski definition) is 2. The number of aliphatic imine (C=N–C) groups is 1. The van der Waals surface area contributed by atoms with E-state index < -0.39 is 0 Å². The van der Waals surface area contributed by atoms with Gasteiger partial charge in [-0.05, 0) is 57.5 Å². The Morgan fingerprint density at radius 1 is 1.11 bits per heavy atom. The van der Waals surface area contributed by atoms with Gasteiger partial charge in [-0.1, -0.05) is 18.6 Å². The summed E-state index contributed by atoms with van der Waals surface area (Å²) >= 11 is 0. The summed E-state index contributed by atoms with van der Waals surface area (Å²) in [7, 11) is 1.71. The Morgan fingerprint density at radius 2 is 1.82 bits per heavy atom. The lowest BCUT2D eigenvalue weighted by atomic mass is 10.0. The van der Waals surface area contributed by atoms with Gasteiger partial charge < -0.3 is 20.1 Å². The SMILES string of the molecule is CCNC(=NCC(c1ccc(OC)cc1)N1CCCCC1)NCCOCC.I. The monoisotopic (exact) mass is 504 g/mol. The Hall–Kier alpha value is -1.06. The third-order valence-corrected chi connectivity index (χ3v) is 4.84. The molecule has 0 spiro atoms. The van der Waals surface area contributed by atoms with Crippen molar-refractivity contribution in [3.05, 3.63) is 29.8 Å². The molecule has 1 saturated heterocycles. The van der Waals surface area contributed by atoms with E-state index in [9.17, 15) is 0 Å². The van der Waals surface area contributed by atoms with Crippen molar-refractivity contribution in [1.29, 1.82) is 0 Å². The zero-order valence-electron chi connectivity index (χ0n) is 17.6. The van der Waals surface area contributed by atoms with Gasteiger partial charge in [0.1, 0.15) is 5.75 Å². The lowest BCUT2D eigenvalue weighted by Gasteiger charge is -2.34. The van der Waals surface area contributed by atoms with Crippen molar-refractivity contribution in [2.75, 3.05) is 53.0 Å². The number of nitrogens with zero attached hydrogens (tertiary/aromatic N) is 2. The van der Waals surface area contributed by atoms with Crippen LogP contribution in [-0.4, -0.2) is 63.9 Å². The maximum atomic E-state index is 5.41. The smallest absolute Gasteiger partial charge is 0.191 e. The van der Waals surface area contributed by atoms with Crippen LogP contribution in [0.15, 0.2) is 29.3 Å². The van der Waals surface area contributed by atoms with E-state index >= 15 is 0 Å². The van der Waals surface area contributed by atoms with E-state index in [2.05, 4.69) is 34.6 Å². The molecule has 28 heavy (non-hydrogen) atoms. The van der Waals surface area contributed by atoms with Crippen LogP contribution < -0.4 is 15.4 Å². The van der Waals surface area contributed by atoms with Gasteiger partial charge in [-0.25, -0.2) is 0 Å². The van der Waals surface area contributed by atoms with Gasteiger partial charge in [0, 0.05) is 19.7 Å². The van der Waals surface area contributed by atoms with Crippen molar-refractivity contribution in [3.8, 4) is 5.75 Å². The highest BCUT2D eigenvalue weighted by Crippen LogP contribution is 2.26.